The molecule has 0 aromatic heterocycles. The van der Waals surface area contributed by atoms with Gasteiger partial charge in [-0.25, -0.2) is 4.79 Å². The molecule has 0 aliphatic carbocycles. The van der Waals surface area contributed by atoms with Crippen LogP contribution in [-0.4, -0.2) is 78.0 Å². The molecule has 2 atom stereocenters. The van der Waals surface area contributed by atoms with E-state index in [1.807, 2.05) is 6.92 Å². The third-order valence-electron chi connectivity index (χ3n) is 4.15. The van der Waals surface area contributed by atoms with Crippen molar-refractivity contribution in [1.29, 1.82) is 0 Å². The Balaban J connectivity index is 1.94. The molecule has 0 spiro atoms. The highest BCUT2D eigenvalue weighted by Crippen LogP contribution is 2.20. The maximum atomic E-state index is 11.2. The smallest absolute Gasteiger partial charge is 0.407 e. The predicted molar refractivity (Wildman–Crippen MR) is 72.5 cm³/mol. The molecule has 0 aromatic rings. The van der Waals surface area contributed by atoms with Gasteiger partial charge in [0.15, 0.2) is 0 Å². The molecular formula is C13H25N3O3. The number of carboxylic acid groups (broad SMARTS) is 1. The quantitative estimate of drug-likeness (QED) is 0.763. The Morgan fingerprint density at radius 3 is 2.89 bits per heavy atom. The van der Waals surface area contributed by atoms with E-state index in [-0.39, 0.29) is 17.6 Å². The van der Waals surface area contributed by atoms with E-state index in [0.29, 0.717) is 6.54 Å². The summed E-state index contributed by atoms with van der Waals surface area (Å²) in [7, 11) is 0. The molecule has 2 heterocycles. The second kappa shape index (κ2) is 5.64. The molecule has 6 nitrogen and oxygen atoms in total. The average molecular weight is 271 g/mol. The Labute approximate surface area is 114 Å². The van der Waals surface area contributed by atoms with Crippen molar-refractivity contribution in [2.75, 3.05) is 39.4 Å². The lowest BCUT2D eigenvalue weighted by molar-refractivity contribution is -0.0573. The molecule has 2 rings (SSSR count). The first-order valence-electron chi connectivity index (χ1n) is 6.96. The minimum Gasteiger partial charge on any atom is -0.465 e. The first kappa shape index (κ1) is 14.6. The van der Waals surface area contributed by atoms with E-state index in [2.05, 4.69) is 24.1 Å². The van der Waals surface area contributed by atoms with Crippen LogP contribution in [0.3, 0.4) is 0 Å². The zero-order valence-corrected chi connectivity index (χ0v) is 12.1. The molecule has 0 aromatic carbocycles. The van der Waals surface area contributed by atoms with Gasteiger partial charge in [0, 0.05) is 43.8 Å². The molecule has 2 fully saturated rings. The molecule has 2 saturated heterocycles. The van der Waals surface area contributed by atoms with Gasteiger partial charge in [-0.05, 0) is 20.8 Å². The Morgan fingerprint density at radius 2 is 2.26 bits per heavy atom. The SMILES string of the molecule is C[C@@H]1CN[C@@H](CN2CCOCC2(C)C)CN1C(=O)O. The van der Waals surface area contributed by atoms with Gasteiger partial charge in [0.2, 0.25) is 0 Å². The molecule has 19 heavy (non-hydrogen) atoms. The Bertz CT molecular complexity index is 335. The van der Waals surface area contributed by atoms with Crippen molar-refractivity contribution in [2.45, 2.75) is 38.4 Å². The lowest BCUT2D eigenvalue weighted by Crippen LogP contribution is -2.63. The standard InChI is InChI=1S/C13H25N3O3/c1-10-6-14-11(8-16(10)12(17)18)7-15-4-5-19-9-13(15,2)3/h10-11,14H,4-9H2,1-3H3,(H,17,18)/t10-,11+/m1/s1. The molecule has 6 heteroatoms. The Morgan fingerprint density at radius 1 is 1.53 bits per heavy atom. The topological polar surface area (TPSA) is 65.0 Å². The van der Waals surface area contributed by atoms with Gasteiger partial charge < -0.3 is 20.1 Å². The number of carbonyl (C=O) groups is 1. The Hall–Kier alpha value is -0.850. The maximum absolute atomic E-state index is 11.2. The van der Waals surface area contributed by atoms with Crippen molar-refractivity contribution in [3.8, 4) is 0 Å². The number of morpholine rings is 1. The maximum Gasteiger partial charge on any atom is 0.407 e. The summed E-state index contributed by atoms with van der Waals surface area (Å²) in [6.07, 6.45) is -0.819. The van der Waals surface area contributed by atoms with Crippen molar-refractivity contribution >= 4 is 6.09 Å². The van der Waals surface area contributed by atoms with Crippen LogP contribution in [0.2, 0.25) is 0 Å². The van der Waals surface area contributed by atoms with E-state index in [1.54, 1.807) is 0 Å². The summed E-state index contributed by atoms with van der Waals surface area (Å²) in [4.78, 5) is 15.1. The molecule has 110 valence electrons. The first-order chi connectivity index (χ1) is 8.90. The molecule has 2 N–H and O–H groups in total. The number of hydrogen-bond donors (Lipinski definition) is 2. The van der Waals surface area contributed by atoms with Gasteiger partial charge in [-0.1, -0.05) is 0 Å². The van der Waals surface area contributed by atoms with Gasteiger partial charge in [-0.2, -0.15) is 0 Å². The summed E-state index contributed by atoms with van der Waals surface area (Å²) < 4.78 is 5.51. The third kappa shape index (κ3) is 3.38. The Kier molecular flexibility index (Phi) is 4.32. The van der Waals surface area contributed by atoms with Crippen LogP contribution < -0.4 is 5.32 Å². The zero-order chi connectivity index (χ0) is 14.0. The summed E-state index contributed by atoms with van der Waals surface area (Å²) in [6.45, 7) is 10.8. The van der Waals surface area contributed by atoms with Crippen LogP contribution in [0, 0.1) is 0 Å². The van der Waals surface area contributed by atoms with Crippen molar-refractivity contribution in [1.82, 2.24) is 15.1 Å². The average Bonchev–Trinajstić information content (AvgIpc) is 2.33. The van der Waals surface area contributed by atoms with Crippen molar-refractivity contribution in [3.05, 3.63) is 0 Å². The fraction of sp³-hybridized carbons (Fsp3) is 0.923. The highest BCUT2D eigenvalue weighted by Gasteiger charge is 2.35. The summed E-state index contributed by atoms with van der Waals surface area (Å²) in [5, 5.41) is 12.7. The van der Waals surface area contributed by atoms with E-state index >= 15 is 0 Å². The minimum absolute atomic E-state index is 0.0248. The second-order valence-electron chi connectivity index (χ2n) is 6.20. The third-order valence-corrected chi connectivity index (χ3v) is 4.15. The van der Waals surface area contributed by atoms with Gasteiger partial charge >= 0.3 is 6.09 Å². The van der Waals surface area contributed by atoms with E-state index in [9.17, 15) is 9.90 Å². The van der Waals surface area contributed by atoms with Crippen molar-refractivity contribution in [2.24, 2.45) is 0 Å². The highest BCUT2D eigenvalue weighted by atomic mass is 16.5. The molecule has 0 radical (unpaired) electrons. The number of amides is 1. The van der Waals surface area contributed by atoms with Gasteiger partial charge in [0.25, 0.3) is 0 Å². The van der Waals surface area contributed by atoms with Crippen LogP contribution in [0.15, 0.2) is 0 Å². The summed E-state index contributed by atoms with van der Waals surface area (Å²) in [5.74, 6) is 0. The fourth-order valence-electron chi connectivity index (χ4n) is 2.81. The summed E-state index contributed by atoms with van der Waals surface area (Å²) in [5.41, 5.74) is 0.0248. The van der Waals surface area contributed by atoms with Gasteiger partial charge in [-0.3, -0.25) is 4.90 Å². The first-order valence-corrected chi connectivity index (χ1v) is 6.96. The molecule has 1 amide bonds. The van der Waals surface area contributed by atoms with Gasteiger partial charge in [0.05, 0.1) is 13.2 Å². The van der Waals surface area contributed by atoms with Gasteiger partial charge in [-0.15, -0.1) is 0 Å². The summed E-state index contributed by atoms with van der Waals surface area (Å²) >= 11 is 0. The number of nitrogens with zero attached hydrogens (tertiary/aromatic N) is 2. The van der Waals surface area contributed by atoms with Crippen LogP contribution in [0.5, 0.6) is 0 Å². The molecule has 2 aliphatic heterocycles. The van der Waals surface area contributed by atoms with E-state index in [0.717, 1.165) is 32.8 Å². The van der Waals surface area contributed by atoms with Crippen molar-refractivity contribution in [3.63, 3.8) is 0 Å². The lowest BCUT2D eigenvalue weighted by Gasteiger charge is -2.46. The van der Waals surface area contributed by atoms with Crippen LogP contribution in [-0.2, 0) is 4.74 Å². The molecule has 0 bridgehead atoms. The molecular weight excluding hydrogens is 246 g/mol. The largest absolute Gasteiger partial charge is 0.465 e. The number of rotatable bonds is 2. The van der Waals surface area contributed by atoms with E-state index in [1.165, 1.54) is 4.90 Å². The van der Waals surface area contributed by atoms with Crippen LogP contribution in [0.4, 0.5) is 4.79 Å². The van der Waals surface area contributed by atoms with Crippen LogP contribution >= 0.6 is 0 Å². The number of nitrogens with one attached hydrogen (secondary N) is 1. The second-order valence-corrected chi connectivity index (χ2v) is 6.20. The summed E-state index contributed by atoms with van der Waals surface area (Å²) in [6, 6.07) is 0.246. The number of piperazine rings is 1. The zero-order valence-electron chi connectivity index (χ0n) is 12.1. The predicted octanol–water partition coefficient (Wildman–Crippen LogP) is 0.438. The molecule has 2 aliphatic rings. The van der Waals surface area contributed by atoms with Gasteiger partial charge in [0.1, 0.15) is 0 Å². The van der Waals surface area contributed by atoms with Crippen LogP contribution in [0.1, 0.15) is 20.8 Å². The van der Waals surface area contributed by atoms with Crippen LogP contribution in [0.25, 0.3) is 0 Å². The number of ether oxygens (including phenoxy) is 1. The molecule has 0 saturated carbocycles. The van der Waals surface area contributed by atoms with E-state index in [4.69, 9.17) is 4.74 Å². The van der Waals surface area contributed by atoms with E-state index < -0.39 is 6.09 Å². The highest BCUT2D eigenvalue weighted by molar-refractivity contribution is 5.65. The van der Waals surface area contributed by atoms with Crippen molar-refractivity contribution < 1.29 is 14.6 Å². The number of hydrogen-bond acceptors (Lipinski definition) is 4. The monoisotopic (exact) mass is 271 g/mol. The molecule has 0 unspecified atom stereocenters. The normalized spacial score (nSPS) is 32.3. The minimum atomic E-state index is -0.819. The fourth-order valence-corrected chi connectivity index (χ4v) is 2.81. The lowest BCUT2D eigenvalue weighted by atomic mass is 10.0.